The van der Waals surface area contributed by atoms with Crippen LogP contribution in [0.3, 0.4) is 0 Å². The van der Waals surface area contributed by atoms with E-state index in [1.165, 1.54) is 12.1 Å². The van der Waals surface area contributed by atoms with E-state index in [1.807, 2.05) is 0 Å². The number of furan rings is 1. The normalized spacial score (nSPS) is 11.8. The Hall–Kier alpha value is -1.85. The van der Waals surface area contributed by atoms with Gasteiger partial charge in [-0.1, -0.05) is 0 Å². The Morgan fingerprint density at radius 2 is 1.53 bits per heavy atom. The summed E-state index contributed by atoms with van der Waals surface area (Å²) >= 11 is 0. The second-order valence-corrected chi connectivity index (χ2v) is 3.30. The van der Waals surface area contributed by atoms with Crippen LogP contribution in [0.5, 0.6) is 0 Å². The van der Waals surface area contributed by atoms with Crippen LogP contribution >= 0.6 is 0 Å². The molecule has 0 atom stereocenters. The highest BCUT2D eigenvalue weighted by Gasteiger charge is 2.37. The molecule has 0 N–H and O–H groups in total. The predicted octanol–water partition coefficient (Wildman–Crippen LogP) is 4.24. The topological polar surface area (TPSA) is 13.1 Å². The quantitative estimate of drug-likeness (QED) is 0.688. The van der Waals surface area contributed by atoms with Crippen molar-refractivity contribution in [1.82, 2.24) is 0 Å². The van der Waals surface area contributed by atoms with Gasteiger partial charge in [0.25, 0.3) is 6.01 Å². The molecule has 0 amide bonds. The lowest BCUT2D eigenvalue weighted by molar-refractivity contribution is -0.141. The molecular weight excluding hydrogens is 243 g/mol. The molecule has 1 heterocycles. The molecule has 0 aliphatic rings. The minimum atomic E-state index is -4.81. The third-order valence-corrected chi connectivity index (χ3v) is 2.12. The summed E-state index contributed by atoms with van der Waals surface area (Å²) < 4.78 is 66.7. The summed E-state index contributed by atoms with van der Waals surface area (Å²) in [6, 6.07) is 3.34. The maximum absolute atomic E-state index is 12.9. The Morgan fingerprint density at radius 3 is 2.00 bits per heavy atom. The number of hydrogen-bond donors (Lipinski definition) is 0. The zero-order valence-electron chi connectivity index (χ0n) is 8.18. The van der Waals surface area contributed by atoms with Crippen molar-refractivity contribution in [2.24, 2.45) is 0 Å². The van der Waals surface area contributed by atoms with E-state index in [9.17, 15) is 22.0 Å². The first kappa shape index (κ1) is 11.6. The number of hydrogen-bond acceptors (Lipinski definition) is 1. The van der Waals surface area contributed by atoms with Crippen LogP contribution in [-0.4, -0.2) is 0 Å². The fraction of sp³-hybridized carbons (Fsp3) is 0.0909. The van der Waals surface area contributed by atoms with E-state index in [-0.39, 0.29) is 11.3 Å². The van der Waals surface area contributed by atoms with Crippen molar-refractivity contribution in [3.63, 3.8) is 0 Å². The molecule has 1 nitrogen and oxygen atoms in total. The molecule has 2 aromatic rings. The van der Waals surface area contributed by atoms with Gasteiger partial charge in [-0.05, 0) is 24.3 Å². The van der Waals surface area contributed by atoms with E-state index in [2.05, 4.69) is 4.42 Å². The lowest BCUT2D eigenvalue weighted by Gasteiger charge is -2.00. The van der Waals surface area contributed by atoms with Crippen molar-refractivity contribution >= 4 is 0 Å². The standard InChI is InChI=1S/C11H5F5O/c12-7-3-1-6(2-4-7)9-5-8(10(13)17-9)11(14,15)16/h1-5H. The van der Waals surface area contributed by atoms with E-state index in [0.717, 1.165) is 12.1 Å². The second-order valence-electron chi connectivity index (χ2n) is 3.30. The van der Waals surface area contributed by atoms with Gasteiger partial charge in [0, 0.05) is 11.6 Å². The van der Waals surface area contributed by atoms with Crippen molar-refractivity contribution < 1.29 is 26.4 Å². The average Bonchev–Trinajstić information content (AvgIpc) is 2.61. The minimum Gasteiger partial charge on any atom is -0.431 e. The van der Waals surface area contributed by atoms with E-state index < -0.39 is 23.6 Å². The lowest BCUT2D eigenvalue weighted by Crippen LogP contribution is -2.04. The number of alkyl halides is 3. The third kappa shape index (κ3) is 2.30. The molecule has 2 rings (SSSR count). The fourth-order valence-electron chi connectivity index (χ4n) is 1.32. The van der Waals surface area contributed by atoms with Gasteiger partial charge in [0.2, 0.25) is 0 Å². The summed E-state index contributed by atoms with van der Waals surface area (Å²) in [6.07, 6.45) is -4.81. The van der Waals surface area contributed by atoms with Crippen LogP contribution in [0, 0.1) is 11.8 Å². The smallest absolute Gasteiger partial charge is 0.422 e. The zero-order valence-corrected chi connectivity index (χ0v) is 8.18. The largest absolute Gasteiger partial charge is 0.431 e. The molecule has 0 aliphatic heterocycles. The molecule has 0 radical (unpaired) electrons. The van der Waals surface area contributed by atoms with Gasteiger partial charge < -0.3 is 4.42 Å². The highest BCUT2D eigenvalue weighted by molar-refractivity contribution is 5.58. The maximum Gasteiger partial charge on any atom is 0.422 e. The Kier molecular flexibility index (Phi) is 2.65. The van der Waals surface area contributed by atoms with Crippen LogP contribution in [-0.2, 0) is 6.18 Å². The number of benzene rings is 1. The summed E-state index contributed by atoms with van der Waals surface area (Å²) in [5.74, 6) is -0.841. The van der Waals surface area contributed by atoms with Crippen molar-refractivity contribution in [2.75, 3.05) is 0 Å². The molecule has 0 bridgehead atoms. The van der Waals surface area contributed by atoms with E-state index in [1.54, 1.807) is 0 Å². The summed E-state index contributed by atoms with van der Waals surface area (Å²) in [5, 5.41) is 0. The number of halogens is 5. The van der Waals surface area contributed by atoms with Gasteiger partial charge in [-0.15, -0.1) is 0 Å². The first-order valence-electron chi connectivity index (χ1n) is 4.50. The van der Waals surface area contributed by atoms with Crippen LogP contribution in [0.1, 0.15) is 5.56 Å². The average molecular weight is 248 g/mol. The van der Waals surface area contributed by atoms with Crippen molar-refractivity contribution in [1.29, 1.82) is 0 Å². The molecule has 90 valence electrons. The second kappa shape index (κ2) is 3.87. The molecule has 0 saturated heterocycles. The molecule has 17 heavy (non-hydrogen) atoms. The Morgan fingerprint density at radius 1 is 0.941 bits per heavy atom. The molecule has 6 heteroatoms. The highest BCUT2D eigenvalue weighted by atomic mass is 19.4. The van der Waals surface area contributed by atoms with Gasteiger partial charge in [0.15, 0.2) is 0 Å². The van der Waals surface area contributed by atoms with Gasteiger partial charge in [-0.3, -0.25) is 0 Å². The van der Waals surface area contributed by atoms with Crippen LogP contribution in [0.25, 0.3) is 11.3 Å². The minimum absolute atomic E-state index is 0.167. The van der Waals surface area contributed by atoms with Gasteiger partial charge >= 0.3 is 6.18 Å². The Labute approximate surface area is 92.5 Å². The van der Waals surface area contributed by atoms with Crippen LogP contribution in [0.2, 0.25) is 0 Å². The Bertz CT molecular complexity index is 524. The molecule has 0 fully saturated rings. The van der Waals surface area contributed by atoms with E-state index in [0.29, 0.717) is 6.07 Å². The molecule has 0 spiro atoms. The summed E-state index contributed by atoms with van der Waals surface area (Å²) in [6.45, 7) is 0. The maximum atomic E-state index is 12.9. The predicted molar refractivity (Wildman–Crippen MR) is 49.1 cm³/mol. The van der Waals surface area contributed by atoms with Crippen LogP contribution in [0.15, 0.2) is 34.7 Å². The third-order valence-electron chi connectivity index (χ3n) is 2.12. The zero-order chi connectivity index (χ0) is 12.6. The van der Waals surface area contributed by atoms with Gasteiger partial charge in [-0.25, -0.2) is 4.39 Å². The van der Waals surface area contributed by atoms with Crippen LogP contribution < -0.4 is 0 Å². The highest BCUT2D eigenvalue weighted by Crippen LogP contribution is 2.36. The van der Waals surface area contributed by atoms with Crippen LogP contribution in [0.4, 0.5) is 22.0 Å². The molecule has 0 saturated carbocycles. The Balaban J connectivity index is 2.45. The number of rotatable bonds is 1. The molecule has 1 aromatic heterocycles. The summed E-state index contributed by atoms with van der Waals surface area (Å²) in [5.41, 5.74) is -1.31. The van der Waals surface area contributed by atoms with Gasteiger partial charge in [0.05, 0.1) is 0 Å². The lowest BCUT2D eigenvalue weighted by atomic mass is 10.1. The van der Waals surface area contributed by atoms with Crippen molar-refractivity contribution in [3.8, 4) is 11.3 Å². The molecule has 0 unspecified atom stereocenters. The van der Waals surface area contributed by atoms with E-state index >= 15 is 0 Å². The SMILES string of the molecule is Fc1ccc(-c2cc(C(F)(F)F)c(F)o2)cc1. The summed E-state index contributed by atoms with van der Waals surface area (Å²) in [7, 11) is 0. The molecular formula is C11H5F5O. The monoisotopic (exact) mass is 248 g/mol. The van der Waals surface area contributed by atoms with Gasteiger partial charge in [0.1, 0.15) is 17.1 Å². The first-order valence-corrected chi connectivity index (χ1v) is 4.50. The molecule has 1 aromatic carbocycles. The van der Waals surface area contributed by atoms with Gasteiger partial charge in [-0.2, -0.15) is 17.6 Å². The molecule has 0 aliphatic carbocycles. The van der Waals surface area contributed by atoms with Crippen molar-refractivity contribution in [3.05, 3.63) is 47.7 Å². The summed E-state index contributed by atoms with van der Waals surface area (Å²) in [4.78, 5) is 0. The first-order chi connectivity index (χ1) is 7.88. The fourth-order valence-corrected chi connectivity index (χ4v) is 1.32. The van der Waals surface area contributed by atoms with Crippen molar-refractivity contribution in [2.45, 2.75) is 6.18 Å². The van der Waals surface area contributed by atoms with E-state index in [4.69, 9.17) is 0 Å².